The number of rotatable bonds is 6. The Kier molecular flexibility index (Phi) is 4.82. The summed E-state index contributed by atoms with van der Waals surface area (Å²) in [6.45, 7) is -3.43. The van der Waals surface area contributed by atoms with Crippen LogP contribution in [0.15, 0.2) is 24.3 Å². The van der Waals surface area contributed by atoms with Crippen LogP contribution in [0.4, 0.5) is 17.6 Å². The number of piperidine rings is 1. The van der Waals surface area contributed by atoms with E-state index in [1.807, 2.05) is 0 Å². The van der Waals surface area contributed by atoms with Gasteiger partial charge < -0.3 is 9.47 Å². The van der Waals surface area contributed by atoms with Crippen LogP contribution < -0.4 is 14.6 Å². The Hall–Kier alpha value is -1.59. The summed E-state index contributed by atoms with van der Waals surface area (Å²) in [6.07, 6.45) is -0.0298. The van der Waals surface area contributed by atoms with Gasteiger partial charge in [-0.3, -0.25) is 0 Å². The van der Waals surface area contributed by atoms with E-state index in [-0.39, 0.29) is 44.0 Å². The molecule has 1 heterocycles. The molecule has 0 aromatic heterocycles. The summed E-state index contributed by atoms with van der Waals surface area (Å²) in [5, 5.41) is 5.03. The molecule has 6 nitrogen and oxygen atoms in total. The minimum atomic E-state index is -3.89. The zero-order valence-electron chi connectivity index (χ0n) is 13.6. The highest BCUT2D eigenvalue weighted by Crippen LogP contribution is 2.70. The number of hydrogen-bond donors (Lipinski definition) is 1. The molecule has 3 rings (SSSR count). The topological polar surface area (TPSA) is 81.9 Å². The third kappa shape index (κ3) is 3.47. The molecule has 2 fully saturated rings. The summed E-state index contributed by atoms with van der Waals surface area (Å²) < 4.78 is 86.2. The first-order valence-corrected chi connectivity index (χ1v) is 9.40. The number of halogens is 4. The maximum Gasteiger partial charge on any atom is 0.387 e. The lowest BCUT2D eigenvalue weighted by atomic mass is 9.91. The van der Waals surface area contributed by atoms with Crippen molar-refractivity contribution in [2.24, 2.45) is 16.5 Å². The van der Waals surface area contributed by atoms with Crippen LogP contribution in [-0.2, 0) is 10.2 Å². The lowest BCUT2D eigenvalue weighted by Gasteiger charge is -2.30. The van der Waals surface area contributed by atoms with Crippen LogP contribution in [0, 0.1) is 11.3 Å². The van der Waals surface area contributed by atoms with Gasteiger partial charge in [0.1, 0.15) is 11.5 Å². The smallest absolute Gasteiger partial charge is 0.387 e. The number of alkyl halides is 4. The molecule has 2 N–H and O–H groups in total. The standard InChI is InChI=1S/C15H18F4N2O4S/c16-13(17)25-11-3-1-2-10(8-11)24-9-12-14(15(12,18)19)4-6-21(7-5-14)26(20,22)23/h1-3,8,12-13H,4-7,9H2,(H2,20,22,23). The summed E-state index contributed by atoms with van der Waals surface area (Å²) >= 11 is 0. The van der Waals surface area contributed by atoms with Gasteiger partial charge >= 0.3 is 6.61 Å². The fraction of sp³-hybridized carbons (Fsp3) is 0.600. The first-order chi connectivity index (χ1) is 12.1. The summed E-state index contributed by atoms with van der Waals surface area (Å²) in [7, 11) is -3.89. The van der Waals surface area contributed by atoms with Crippen molar-refractivity contribution < 1.29 is 35.5 Å². The molecule has 1 unspecified atom stereocenters. The van der Waals surface area contributed by atoms with Gasteiger partial charge in [-0.1, -0.05) is 6.07 Å². The summed E-state index contributed by atoms with van der Waals surface area (Å²) in [6, 6.07) is 5.37. The molecule has 1 aromatic rings. The van der Waals surface area contributed by atoms with Crippen LogP contribution >= 0.6 is 0 Å². The summed E-state index contributed by atoms with van der Waals surface area (Å²) in [4.78, 5) is 0. The van der Waals surface area contributed by atoms with Crippen LogP contribution in [-0.4, -0.2) is 45.0 Å². The minimum Gasteiger partial charge on any atom is -0.493 e. The largest absolute Gasteiger partial charge is 0.493 e. The van der Waals surface area contributed by atoms with E-state index in [1.54, 1.807) is 0 Å². The van der Waals surface area contributed by atoms with Crippen LogP contribution in [0.1, 0.15) is 12.8 Å². The Balaban J connectivity index is 1.61. The second-order valence-electron chi connectivity index (χ2n) is 6.44. The molecule has 1 aliphatic heterocycles. The minimum absolute atomic E-state index is 0.0149. The Morgan fingerprint density at radius 2 is 1.85 bits per heavy atom. The molecule has 1 aromatic carbocycles. The monoisotopic (exact) mass is 398 g/mol. The molecule has 1 saturated carbocycles. The van der Waals surface area contributed by atoms with Crippen molar-refractivity contribution in [2.75, 3.05) is 19.7 Å². The van der Waals surface area contributed by atoms with Crippen molar-refractivity contribution in [2.45, 2.75) is 25.4 Å². The number of nitrogens with zero attached hydrogens (tertiary/aromatic N) is 1. The Labute approximate surface area is 148 Å². The van der Waals surface area contributed by atoms with Crippen molar-refractivity contribution in [1.29, 1.82) is 0 Å². The molecule has 1 atom stereocenters. The predicted octanol–water partition coefficient (Wildman–Crippen LogP) is 2.22. The molecular formula is C15H18F4N2O4S. The van der Waals surface area contributed by atoms with Crippen molar-refractivity contribution in [3.8, 4) is 11.5 Å². The average Bonchev–Trinajstić information content (AvgIpc) is 2.97. The molecule has 0 bridgehead atoms. The lowest BCUT2D eigenvalue weighted by Crippen LogP contribution is -2.44. The normalized spacial score (nSPS) is 24.6. The van der Waals surface area contributed by atoms with Crippen LogP contribution in [0.3, 0.4) is 0 Å². The second-order valence-corrected chi connectivity index (χ2v) is 7.99. The van der Waals surface area contributed by atoms with Gasteiger partial charge in [-0.25, -0.2) is 13.9 Å². The third-order valence-corrected chi connectivity index (χ3v) is 6.19. The average molecular weight is 398 g/mol. The fourth-order valence-electron chi connectivity index (χ4n) is 3.60. The molecule has 26 heavy (non-hydrogen) atoms. The molecule has 0 amide bonds. The first-order valence-electron chi connectivity index (χ1n) is 7.90. The van der Waals surface area contributed by atoms with Crippen LogP contribution in [0.25, 0.3) is 0 Å². The van der Waals surface area contributed by atoms with Crippen molar-refractivity contribution in [1.82, 2.24) is 4.31 Å². The highest BCUT2D eigenvalue weighted by Gasteiger charge is 2.80. The van der Waals surface area contributed by atoms with E-state index in [4.69, 9.17) is 9.88 Å². The highest BCUT2D eigenvalue weighted by atomic mass is 32.2. The third-order valence-electron chi connectivity index (χ3n) is 5.11. The van der Waals surface area contributed by atoms with Crippen LogP contribution in [0.2, 0.25) is 0 Å². The van der Waals surface area contributed by atoms with E-state index in [9.17, 15) is 26.0 Å². The van der Waals surface area contributed by atoms with Crippen molar-refractivity contribution >= 4 is 10.2 Å². The number of ether oxygens (including phenoxy) is 2. The zero-order chi connectivity index (χ0) is 19.2. The number of nitrogens with two attached hydrogens (primary N) is 1. The molecule has 0 radical (unpaired) electrons. The van der Waals surface area contributed by atoms with Gasteiger partial charge in [0.2, 0.25) is 0 Å². The number of hydrogen-bond acceptors (Lipinski definition) is 4. The van der Waals surface area contributed by atoms with E-state index < -0.39 is 34.1 Å². The summed E-state index contributed by atoms with van der Waals surface area (Å²) in [5.74, 6) is -4.04. The van der Waals surface area contributed by atoms with Crippen LogP contribution in [0.5, 0.6) is 11.5 Å². The molecule has 2 aliphatic rings. The van der Waals surface area contributed by atoms with E-state index in [2.05, 4.69) is 4.74 Å². The van der Waals surface area contributed by atoms with Gasteiger partial charge in [-0.15, -0.1) is 0 Å². The van der Waals surface area contributed by atoms with E-state index >= 15 is 0 Å². The van der Waals surface area contributed by atoms with Gasteiger partial charge in [-0.05, 0) is 25.0 Å². The molecule has 1 aliphatic carbocycles. The first kappa shape index (κ1) is 19.2. The maximum absolute atomic E-state index is 14.3. The maximum atomic E-state index is 14.3. The van der Waals surface area contributed by atoms with Gasteiger partial charge in [0.15, 0.2) is 0 Å². The molecule has 1 spiro atoms. The van der Waals surface area contributed by atoms with Crippen molar-refractivity contribution in [3.05, 3.63) is 24.3 Å². The SMILES string of the molecule is NS(=O)(=O)N1CCC2(CC1)C(COc1cccc(OC(F)F)c1)C2(F)F. The quantitative estimate of drug-likeness (QED) is 0.745. The fourth-order valence-corrected chi connectivity index (χ4v) is 4.29. The highest BCUT2D eigenvalue weighted by molar-refractivity contribution is 7.86. The lowest BCUT2D eigenvalue weighted by molar-refractivity contribution is -0.0499. The van der Waals surface area contributed by atoms with Gasteiger partial charge in [-0.2, -0.15) is 21.5 Å². The summed E-state index contributed by atoms with van der Waals surface area (Å²) in [5.41, 5.74) is -1.31. The number of benzene rings is 1. The Morgan fingerprint density at radius 1 is 1.23 bits per heavy atom. The molecule has 1 saturated heterocycles. The predicted molar refractivity (Wildman–Crippen MR) is 83.4 cm³/mol. The van der Waals surface area contributed by atoms with E-state index in [1.165, 1.54) is 24.3 Å². The second kappa shape index (κ2) is 6.54. The zero-order valence-corrected chi connectivity index (χ0v) is 14.4. The van der Waals surface area contributed by atoms with Crippen molar-refractivity contribution in [3.63, 3.8) is 0 Å². The molecule has 146 valence electrons. The van der Waals surface area contributed by atoms with E-state index in [0.717, 1.165) is 4.31 Å². The van der Waals surface area contributed by atoms with Gasteiger partial charge in [0, 0.05) is 24.6 Å². The van der Waals surface area contributed by atoms with Gasteiger partial charge in [0.25, 0.3) is 16.1 Å². The van der Waals surface area contributed by atoms with E-state index in [0.29, 0.717) is 0 Å². The molecular weight excluding hydrogens is 380 g/mol. The Morgan fingerprint density at radius 3 is 2.42 bits per heavy atom. The Bertz CT molecular complexity index is 767. The van der Waals surface area contributed by atoms with Gasteiger partial charge in [0.05, 0.1) is 12.5 Å². The molecule has 11 heteroatoms.